The molecule has 5 nitrogen and oxygen atoms in total. The van der Waals surface area contributed by atoms with Crippen molar-refractivity contribution in [2.45, 2.75) is 31.6 Å². The van der Waals surface area contributed by atoms with Gasteiger partial charge in [0.05, 0.1) is 5.75 Å². The second-order valence-corrected chi connectivity index (χ2v) is 9.12. The Labute approximate surface area is 137 Å². The Morgan fingerprint density at radius 2 is 2.00 bits per heavy atom. The fraction of sp³-hybridized carbons (Fsp3) is 0.588. The summed E-state index contributed by atoms with van der Waals surface area (Å²) in [6.07, 6.45) is 4.42. The van der Waals surface area contributed by atoms with Crippen molar-refractivity contribution in [3.05, 3.63) is 35.4 Å². The Balaban J connectivity index is 1.54. The largest absolute Gasteiger partial charge is 0.352 e. The number of sulfone groups is 1. The topological polar surface area (TPSA) is 75.3 Å². The van der Waals surface area contributed by atoms with Crippen molar-refractivity contribution < 1.29 is 13.2 Å². The molecule has 1 aromatic carbocycles. The van der Waals surface area contributed by atoms with Gasteiger partial charge in [0.2, 0.25) is 5.91 Å². The number of carbonyl (C=O) groups excluding carboxylic acids is 1. The lowest BCUT2D eigenvalue weighted by Crippen LogP contribution is -2.33. The molecule has 1 aromatic rings. The first-order valence-electron chi connectivity index (χ1n) is 8.12. The predicted octanol–water partition coefficient (Wildman–Crippen LogP) is 1.24. The fourth-order valence-electron chi connectivity index (χ4n) is 3.64. The van der Waals surface area contributed by atoms with Crippen molar-refractivity contribution in [2.75, 3.05) is 19.3 Å². The van der Waals surface area contributed by atoms with Gasteiger partial charge in [0, 0.05) is 18.7 Å². The zero-order valence-electron chi connectivity index (χ0n) is 13.5. The van der Waals surface area contributed by atoms with Gasteiger partial charge in [-0.05, 0) is 48.9 Å². The first kappa shape index (κ1) is 16.5. The summed E-state index contributed by atoms with van der Waals surface area (Å²) in [7, 11) is -3.04. The van der Waals surface area contributed by atoms with Crippen LogP contribution in [-0.4, -0.2) is 33.7 Å². The zero-order chi connectivity index (χ0) is 16.5. The van der Waals surface area contributed by atoms with Crippen LogP contribution in [0.2, 0.25) is 0 Å². The van der Waals surface area contributed by atoms with Gasteiger partial charge in [-0.3, -0.25) is 4.79 Å². The number of hydrogen-bond acceptors (Lipinski definition) is 4. The molecule has 6 heteroatoms. The van der Waals surface area contributed by atoms with Gasteiger partial charge in [-0.2, -0.15) is 0 Å². The molecule has 1 aliphatic heterocycles. The molecule has 2 aliphatic rings. The second kappa shape index (κ2) is 6.24. The standard InChI is InChI=1S/C17H24N2O3S/c1-23(21,22)12-14-4-2-3-13(9-14)11-19-16(20)15-10-17(15)5-7-18-8-6-17/h2-4,9,15,18H,5-8,10-12H2,1H3,(H,19,20). The summed E-state index contributed by atoms with van der Waals surface area (Å²) in [5.41, 5.74) is 1.95. The van der Waals surface area contributed by atoms with Gasteiger partial charge < -0.3 is 10.6 Å². The number of carbonyl (C=O) groups is 1. The van der Waals surface area contributed by atoms with E-state index >= 15 is 0 Å². The molecule has 0 aromatic heterocycles. The first-order valence-corrected chi connectivity index (χ1v) is 10.2. The molecule has 23 heavy (non-hydrogen) atoms. The third-order valence-corrected chi connectivity index (χ3v) is 5.85. The maximum absolute atomic E-state index is 12.3. The van der Waals surface area contributed by atoms with E-state index in [4.69, 9.17) is 0 Å². The summed E-state index contributed by atoms with van der Waals surface area (Å²) in [6, 6.07) is 7.42. The molecule has 126 valence electrons. The highest BCUT2D eigenvalue weighted by molar-refractivity contribution is 7.89. The summed E-state index contributed by atoms with van der Waals surface area (Å²) >= 11 is 0. The van der Waals surface area contributed by atoms with E-state index < -0.39 is 9.84 Å². The van der Waals surface area contributed by atoms with E-state index in [2.05, 4.69) is 10.6 Å². The van der Waals surface area contributed by atoms with E-state index in [-0.39, 0.29) is 23.0 Å². The minimum atomic E-state index is -3.04. The number of hydrogen-bond donors (Lipinski definition) is 2. The van der Waals surface area contributed by atoms with Gasteiger partial charge in [0.15, 0.2) is 9.84 Å². The Kier molecular flexibility index (Phi) is 4.47. The highest BCUT2D eigenvalue weighted by Gasteiger charge is 2.57. The maximum Gasteiger partial charge on any atom is 0.223 e. The Morgan fingerprint density at radius 3 is 2.70 bits per heavy atom. The number of amides is 1. The van der Waals surface area contributed by atoms with Crippen LogP contribution in [0, 0.1) is 11.3 Å². The molecular formula is C17H24N2O3S. The van der Waals surface area contributed by atoms with Gasteiger partial charge in [-0.15, -0.1) is 0 Å². The number of benzene rings is 1. The van der Waals surface area contributed by atoms with Crippen LogP contribution in [0.3, 0.4) is 0 Å². The minimum absolute atomic E-state index is 0.0352. The van der Waals surface area contributed by atoms with E-state index in [0.717, 1.165) is 43.5 Å². The van der Waals surface area contributed by atoms with E-state index in [9.17, 15) is 13.2 Å². The summed E-state index contributed by atoms with van der Waals surface area (Å²) < 4.78 is 22.7. The van der Waals surface area contributed by atoms with Crippen molar-refractivity contribution in [3.8, 4) is 0 Å². The molecule has 0 radical (unpaired) electrons. The minimum Gasteiger partial charge on any atom is -0.352 e. The van der Waals surface area contributed by atoms with Crippen LogP contribution in [0.15, 0.2) is 24.3 Å². The smallest absolute Gasteiger partial charge is 0.223 e. The molecule has 1 spiro atoms. The third-order valence-electron chi connectivity index (χ3n) is 4.99. The van der Waals surface area contributed by atoms with Gasteiger partial charge in [-0.1, -0.05) is 24.3 Å². The monoisotopic (exact) mass is 336 g/mol. The molecule has 0 bridgehead atoms. The van der Waals surface area contributed by atoms with E-state index in [1.54, 1.807) is 6.07 Å². The number of nitrogens with one attached hydrogen (secondary N) is 2. The lowest BCUT2D eigenvalue weighted by molar-refractivity contribution is -0.123. The second-order valence-electron chi connectivity index (χ2n) is 6.98. The molecule has 1 atom stereocenters. The SMILES string of the molecule is CS(=O)(=O)Cc1cccc(CNC(=O)C2CC23CCNCC3)c1. The van der Waals surface area contributed by atoms with Crippen LogP contribution in [-0.2, 0) is 26.9 Å². The van der Waals surface area contributed by atoms with Crippen LogP contribution in [0.5, 0.6) is 0 Å². The molecule has 3 rings (SSSR count). The van der Waals surface area contributed by atoms with E-state index in [0.29, 0.717) is 6.54 Å². The normalized spacial score (nSPS) is 22.7. The molecule has 2 fully saturated rings. The Morgan fingerprint density at radius 1 is 1.30 bits per heavy atom. The third kappa shape index (κ3) is 4.12. The fourth-order valence-corrected chi connectivity index (χ4v) is 4.43. The molecule has 1 aliphatic carbocycles. The summed E-state index contributed by atoms with van der Waals surface area (Å²) in [6.45, 7) is 2.48. The van der Waals surface area contributed by atoms with E-state index in [1.807, 2.05) is 18.2 Å². The van der Waals surface area contributed by atoms with Gasteiger partial charge in [-0.25, -0.2) is 8.42 Å². The van der Waals surface area contributed by atoms with Crippen molar-refractivity contribution in [2.24, 2.45) is 11.3 Å². The summed E-state index contributed by atoms with van der Waals surface area (Å²) in [5.74, 6) is 0.331. The molecule has 1 unspecified atom stereocenters. The van der Waals surface area contributed by atoms with Crippen LogP contribution in [0.1, 0.15) is 30.4 Å². The van der Waals surface area contributed by atoms with Crippen molar-refractivity contribution >= 4 is 15.7 Å². The highest BCUT2D eigenvalue weighted by Crippen LogP contribution is 2.58. The zero-order valence-corrected chi connectivity index (χ0v) is 14.3. The number of rotatable bonds is 5. The van der Waals surface area contributed by atoms with Gasteiger partial charge >= 0.3 is 0 Å². The average molecular weight is 336 g/mol. The van der Waals surface area contributed by atoms with Gasteiger partial charge in [0.1, 0.15) is 0 Å². The maximum atomic E-state index is 12.3. The van der Waals surface area contributed by atoms with Crippen molar-refractivity contribution in [3.63, 3.8) is 0 Å². The van der Waals surface area contributed by atoms with Crippen LogP contribution in [0.4, 0.5) is 0 Å². The lowest BCUT2D eigenvalue weighted by Gasteiger charge is -2.23. The van der Waals surface area contributed by atoms with Gasteiger partial charge in [0.25, 0.3) is 0 Å². The molecule has 1 heterocycles. The predicted molar refractivity (Wildman–Crippen MR) is 89.5 cm³/mol. The van der Waals surface area contributed by atoms with E-state index in [1.165, 1.54) is 6.26 Å². The van der Waals surface area contributed by atoms with Crippen molar-refractivity contribution in [1.82, 2.24) is 10.6 Å². The molecule has 1 saturated carbocycles. The lowest BCUT2D eigenvalue weighted by atomic mass is 9.92. The number of piperidine rings is 1. The quantitative estimate of drug-likeness (QED) is 0.848. The average Bonchev–Trinajstić information content (AvgIpc) is 3.17. The first-order chi connectivity index (χ1) is 10.9. The van der Waals surface area contributed by atoms with Crippen molar-refractivity contribution in [1.29, 1.82) is 0 Å². The highest BCUT2D eigenvalue weighted by atomic mass is 32.2. The Bertz CT molecular complexity index is 694. The molecule has 2 N–H and O–H groups in total. The summed E-state index contributed by atoms with van der Waals surface area (Å²) in [4.78, 5) is 12.3. The molecule has 1 amide bonds. The van der Waals surface area contributed by atoms with Crippen LogP contribution >= 0.6 is 0 Å². The summed E-state index contributed by atoms with van der Waals surface area (Å²) in [5, 5.41) is 6.36. The van der Waals surface area contributed by atoms with Crippen LogP contribution in [0.25, 0.3) is 0 Å². The molecular weight excluding hydrogens is 312 g/mol. The molecule has 1 saturated heterocycles. The van der Waals surface area contributed by atoms with Crippen LogP contribution < -0.4 is 10.6 Å². The Hall–Kier alpha value is -1.40.